The zero-order chi connectivity index (χ0) is 11.5. The molecule has 1 aromatic heterocycles. The second kappa shape index (κ2) is 4.45. The zero-order valence-corrected chi connectivity index (χ0v) is 9.64. The third kappa shape index (κ3) is 1.97. The summed E-state index contributed by atoms with van der Waals surface area (Å²) in [6, 6.07) is 8.28. The summed E-state index contributed by atoms with van der Waals surface area (Å²) in [6.45, 7) is 2.61. The Morgan fingerprint density at radius 3 is 2.75 bits per heavy atom. The van der Waals surface area contributed by atoms with Crippen LogP contribution in [0, 0.1) is 6.92 Å². The molecule has 0 unspecified atom stereocenters. The van der Waals surface area contributed by atoms with Gasteiger partial charge in [-0.2, -0.15) is 0 Å². The summed E-state index contributed by atoms with van der Waals surface area (Å²) in [5.41, 5.74) is 7.88. The van der Waals surface area contributed by atoms with Crippen LogP contribution >= 0.6 is 0 Å². The van der Waals surface area contributed by atoms with E-state index in [4.69, 9.17) is 5.73 Å². The first kappa shape index (κ1) is 10.8. The fourth-order valence-corrected chi connectivity index (χ4v) is 1.69. The molecule has 2 N–H and O–H groups in total. The summed E-state index contributed by atoms with van der Waals surface area (Å²) < 4.78 is 1.99. The van der Waals surface area contributed by atoms with Crippen molar-refractivity contribution >= 4 is 0 Å². The van der Waals surface area contributed by atoms with E-state index in [1.54, 1.807) is 0 Å². The van der Waals surface area contributed by atoms with Crippen molar-refractivity contribution < 1.29 is 0 Å². The highest BCUT2D eigenvalue weighted by Gasteiger charge is 2.07. The summed E-state index contributed by atoms with van der Waals surface area (Å²) in [6.07, 6.45) is 0.894. The van der Waals surface area contributed by atoms with Crippen LogP contribution in [0.2, 0.25) is 0 Å². The molecule has 0 aliphatic heterocycles. The fourth-order valence-electron chi connectivity index (χ4n) is 1.69. The number of hydrogen-bond acceptors (Lipinski definition) is 3. The first-order valence-corrected chi connectivity index (χ1v) is 5.37. The van der Waals surface area contributed by atoms with E-state index in [1.807, 2.05) is 30.7 Å². The van der Waals surface area contributed by atoms with Crippen molar-refractivity contribution in [2.24, 2.45) is 12.8 Å². The van der Waals surface area contributed by atoms with Gasteiger partial charge in [0.1, 0.15) is 5.82 Å². The predicted octanol–water partition coefficient (Wildman–Crippen LogP) is 1.29. The molecule has 0 atom stereocenters. The Bertz CT molecular complexity index is 488. The van der Waals surface area contributed by atoms with Crippen LogP contribution in [-0.2, 0) is 13.5 Å². The number of benzene rings is 1. The van der Waals surface area contributed by atoms with Crippen molar-refractivity contribution in [2.75, 3.05) is 6.54 Å². The Morgan fingerprint density at radius 1 is 1.31 bits per heavy atom. The van der Waals surface area contributed by atoms with Crippen LogP contribution < -0.4 is 5.73 Å². The topological polar surface area (TPSA) is 56.7 Å². The molecule has 0 radical (unpaired) electrons. The van der Waals surface area contributed by atoms with Crippen LogP contribution in [0.1, 0.15) is 11.4 Å². The lowest BCUT2D eigenvalue weighted by atomic mass is 10.1. The second-order valence-corrected chi connectivity index (χ2v) is 3.87. The van der Waals surface area contributed by atoms with Gasteiger partial charge in [-0.05, 0) is 31.5 Å². The number of rotatable bonds is 3. The largest absolute Gasteiger partial charge is 0.330 e. The lowest BCUT2D eigenvalue weighted by molar-refractivity contribution is 0.864. The van der Waals surface area contributed by atoms with Gasteiger partial charge in [-0.25, -0.2) is 0 Å². The molecule has 16 heavy (non-hydrogen) atoms. The van der Waals surface area contributed by atoms with Gasteiger partial charge in [-0.15, -0.1) is 10.2 Å². The monoisotopic (exact) mass is 216 g/mol. The maximum Gasteiger partial charge on any atom is 0.163 e. The van der Waals surface area contributed by atoms with Crippen molar-refractivity contribution in [3.8, 4) is 11.4 Å². The van der Waals surface area contributed by atoms with Gasteiger partial charge < -0.3 is 10.3 Å². The molecule has 0 saturated heterocycles. The minimum absolute atomic E-state index is 0.668. The van der Waals surface area contributed by atoms with E-state index < -0.39 is 0 Å². The van der Waals surface area contributed by atoms with Crippen molar-refractivity contribution in [3.05, 3.63) is 35.7 Å². The first-order valence-electron chi connectivity index (χ1n) is 5.37. The quantitative estimate of drug-likeness (QED) is 0.841. The second-order valence-electron chi connectivity index (χ2n) is 3.87. The zero-order valence-electron chi connectivity index (χ0n) is 9.64. The molecule has 0 aliphatic carbocycles. The van der Waals surface area contributed by atoms with Crippen LogP contribution in [0.15, 0.2) is 24.3 Å². The fraction of sp³-hybridized carbons (Fsp3) is 0.333. The summed E-state index contributed by atoms with van der Waals surface area (Å²) in [5.74, 6) is 1.82. The van der Waals surface area contributed by atoms with Gasteiger partial charge in [0.05, 0.1) is 0 Å². The highest BCUT2D eigenvalue weighted by molar-refractivity contribution is 5.56. The lowest BCUT2D eigenvalue weighted by Crippen LogP contribution is -2.03. The Hall–Kier alpha value is -1.68. The van der Waals surface area contributed by atoms with Crippen molar-refractivity contribution in [1.29, 1.82) is 0 Å². The predicted molar refractivity (Wildman–Crippen MR) is 63.9 cm³/mol. The molecule has 1 aromatic carbocycles. The Morgan fingerprint density at radius 2 is 2.12 bits per heavy atom. The van der Waals surface area contributed by atoms with Crippen LogP contribution in [0.4, 0.5) is 0 Å². The summed E-state index contributed by atoms with van der Waals surface area (Å²) in [5, 5.41) is 8.22. The highest BCUT2D eigenvalue weighted by atomic mass is 15.3. The average Bonchev–Trinajstić information content (AvgIpc) is 2.61. The number of hydrogen-bond donors (Lipinski definition) is 1. The number of nitrogens with two attached hydrogens (primary N) is 1. The third-order valence-corrected chi connectivity index (χ3v) is 2.71. The number of aryl methyl sites for hydroxylation is 1. The maximum absolute atomic E-state index is 5.55. The normalized spacial score (nSPS) is 10.7. The Labute approximate surface area is 95.1 Å². The Kier molecular flexibility index (Phi) is 3.01. The van der Waals surface area contributed by atoms with E-state index in [2.05, 4.69) is 22.3 Å². The number of nitrogens with zero attached hydrogens (tertiary/aromatic N) is 3. The summed E-state index contributed by atoms with van der Waals surface area (Å²) >= 11 is 0. The summed E-state index contributed by atoms with van der Waals surface area (Å²) in [7, 11) is 1.97. The van der Waals surface area contributed by atoms with E-state index >= 15 is 0 Å². The van der Waals surface area contributed by atoms with E-state index in [1.165, 1.54) is 5.56 Å². The molecule has 0 spiro atoms. The van der Waals surface area contributed by atoms with Crippen molar-refractivity contribution in [2.45, 2.75) is 13.3 Å². The van der Waals surface area contributed by atoms with Gasteiger partial charge in [0.2, 0.25) is 0 Å². The van der Waals surface area contributed by atoms with Gasteiger partial charge in [0.25, 0.3) is 0 Å². The standard InChI is InChI=1S/C12H16N4/c1-9-14-15-12(16(9)2)11-5-3-4-10(8-11)6-7-13/h3-5,8H,6-7,13H2,1-2H3. The minimum atomic E-state index is 0.668. The van der Waals surface area contributed by atoms with Gasteiger partial charge in [0, 0.05) is 12.6 Å². The molecule has 1 heterocycles. The van der Waals surface area contributed by atoms with Crippen LogP contribution in [0.5, 0.6) is 0 Å². The van der Waals surface area contributed by atoms with Crippen LogP contribution in [0.25, 0.3) is 11.4 Å². The molecule has 0 saturated carbocycles. The van der Waals surface area contributed by atoms with Gasteiger partial charge in [-0.3, -0.25) is 0 Å². The molecule has 2 rings (SSSR count). The van der Waals surface area contributed by atoms with E-state index in [0.29, 0.717) is 6.54 Å². The van der Waals surface area contributed by atoms with E-state index in [9.17, 15) is 0 Å². The minimum Gasteiger partial charge on any atom is -0.330 e. The van der Waals surface area contributed by atoms with Crippen molar-refractivity contribution in [3.63, 3.8) is 0 Å². The molecule has 0 aliphatic rings. The molecule has 2 aromatic rings. The molecule has 84 valence electrons. The average molecular weight is 216 g/mol. The van der Waals surface area contributed by atoms with Crippen molar-refractivity contribution in [1.82, 2.24) is 14.8 Å². The van der Waals surface area contributed by atoms with Gasteiger partial charge >= 0.3 is 0 Å². The first-order chi connectivity index (χ1) is 7.72. The van der Waals surface area contributed by atoms with Crippen LogP contribution in [0.3, 0.4) is 0 Å². The lowest BCUT2D eigenvalue weighted by Gasteiger charge is -2.04. The molecule has 4 nitrogen and oxygen atoms in total. The Balaban J connectivity index is 2.40. The molecule has 4 heteroatoms. The smallest absolute Gasteiger partial charge is 0.163 e. The summed E-state index contributed by atoms with van der Waals surface area (Å²) in [4.78, 5) is 0. The highest BCUT2D eigenvalue weighted by Crippen LogP contribution is 2.18. The molecule has 0 bridgehead atoms. The number of aromatic nitrogens is 3. The SMILES string of the molecule is Cc1nnc(-c2cccc(CCN)c2)n1C. The van der Waals surface area contributed by atoms with Gasteiger partial charge in [-0.1, -0.05) is 18.2 Å². The van der Waals surface area contributed by atoms with Gasteiger partial charge in [0.15, 0.2) is 5.82 Å². The van der Waals surface area contributed by atoms with E-state index in [0.717, 1.165) is 23.6 Å². The molecule has 0 amide bonds. The van der Waals surface area contributed by atoms with Crippen LogP contribution in [-0.4, -0.2) is 21.3 Å². The third-order valence-electron chi connectivity index (χ3n) is 2.71. The molecular weight excluding hydrogens is 200 g/mol. The van der Waals surface area contributed by atoms with E-state index in [-0.39, 0.29) is 0 Å². The maximum atomic E-state index is 5.55. The molecule has 0 fully saturated rings. The molecular formula is C12H16N4.